The number of fused-ring (bicyclic) bond motifs is 10. The summed E-state index contributed by atoms with van der Waals surface area (Å²) < 4.78 is 179. The fraction of sp³-hybridized carbons (Fsp3) is 0.100. The Bertz CT molecular complexity index is 5880. The lowest BCUT2D eigenvalue weighted by Crippen LogP contribution is -2.35. The molecule has 0 saturated heterocycles. The van der Waals surface area contributed by atoms with Gasteiger partial charge in [0.2, 0.25) is 0 Å². The van der Waals surface area contributed by atoms with Gasteiger partial charge in [0.05, 0.1) is 58.1 Å². The van der Waals surface area contributed by atoms with Gasteiger partial charge in [-0.25, -0.2) is 4.98 Å². The summed E-state index contributed by atoms with van der Waals surface area (Å²) in [5.74, 6) is 1.62. The lowest BCUT2D eigenvalue weighted by molar-refractivity contribution is -0.572. The number of ether oxygens (including phenoxy) is 1. The maximum Gasteiger partial charge on any atom is 0.269 e. The van der Waals surface area contributed by atoms with Crippen molar-refractivity contribution >= 4 is 32.8 Å². The van der Waals surface area contributed by atoms with Crippen LogP contribution >= 0.6 is 0 Å². The van der Waals surface area contributed by atoms with Crippen molar-refractivity contribution in [3.8, 4) is 107 Å². The van der Waals surface area contributed by atoms with Gasteiger partial charge in [0.15, 0.2) is 0 Å². The molecule has 0 N–H and O–H groups in total. The van der Waals surface area contributed by atoms with E-state index in [-0.39, 0.29) is 22.1 Å². The van der Waals surface area contributed by atoms with Crippen LogP contribution in [0.5, 0.6) is 11.5 Å². The third kappa shape index (κ3) is 9.02. The van der Waals surface area contributed by atoms with Gasteiger partial charge in [-0.15, -0.1) is 0 Å². The molecule has 408 valence electrons. The van der Waals surface area contributed by atoms with Crippen molar-refractivity contribution < 1.29 is 34.0 Å². The highest BCUT2D eigenvalue weighted by Gasteiger charge is 2.31. The number of aromatic nitrogens is 4. The molecule has 0 amide bonds. The molecule has 4 heterocycles. The van der Waals surface area contributed by atoms with Crippen molar-refractivity contribution in [2.24, 2.45) is 0 Å². The normalized spacial score (nSPS) is 15.1. The van der Waals surface area contributed by atoms with Crippen molar-refractivity contribution in [3.63, 3.8) is 0 Å². The molecule has 11 aromatic carbocycles. The summed E-state index contributed by atoms with van der Waals surface area (Å²) in [5.41, 5.74) is 5.71. The highest BCUT2D eigenvalue weighted by Crippen LogP contribution is 2.50. The third-order valence-electron chi connectivity index (χ3n) is 15.8. The van der Waals surface area contributed by atoms with Gasteiger partial charge in [-0.2, -0.15) is 0 Å². The van der Waals surface area contributed by atoms with E-state index in [1.807, 2.05) is 120 Å². The van der Waals surface area contributed by atoms with E-state index in [1.165, 1.54) is 0 Å². The zero-order valence-electron chi connectivity index (χ0n) is 65.2. The van der Waals surface area contributed by atoms with Gasteiger partial charge in [0, 0.05) is 23.0 Å². The predicted molar refractivity (Wildman–Crippen MR) is 351 cm³/mol. The smallest absolute Gasteiger partial charge is 0.269 e. The number of nitrogens with zero attached hydrogens (tertiary/aromatic N) is 4. The summed E-state index contributed by atoms with van der Waals surface area (Å²) in [5, 5.41) is 1.99. The molecule has 0 spiro atoms. The third-order valence-corrected chi connectivity index (χ3v) is 15.8. The molecule has 0 saturated carbocycles. The lowest BCUT2D eigenvalue weighted by Gasteiger charge is -2.27. The van der Waals surface area contributed by atoms with E-state index in [0.717, 1.165) is 38.8 Å². The topological polar surface area (TPSA) is 35.9 Å². The minimum Gasteiger partial charge on any atom is -0.458 e. The number of hydrogen-bond donors (Lipinski definition) is 0. The van der Waals surface area contributed by atoms with Crippen molar-refractivity contribution in [1.82, 2.24) is 14.1 Å². The highest BCUT2D eigenvalue weighted by molar-refractivity contribution is 6.10. The first-order valence-corrected chi connectivity index (χ1v) is 28.0. The van der Waals surface area contributed by atoms with Crippen molar-refractivity contribution in [1.29, 1.82) is 0 Å². The molecule has 0 atom stereocenters. The number of imidazole rings is 1. The SMILES string of the molecule is [2H]c1c([2H])c([2H])c(-c2cccc3c2-c2cccc(C(C)(C)C)c2-[n+]2[c-]n(-c4cccc(Oc5ccc6c7ccccc7n(-c7cc(C(C)(C)C)ccn7)c6c5)c4)c4cc(-c5c([2H])c(-c6c([2H])c([2H])c([2H])c([2H])c6[2H])c([2H])c(-c6c([2H])c([2H])c([2H])c([2H])c6[2H])c5[2H])cc(c42)-c2ccccc2-3)c([2H])c1[2H]. The van der Waals surface area contributed by atoms with Crippen LogP contribution < -0.4 is 9.30 Å². The van der Waals surface area contributed by atoms with Gasteiger partial charge < -0.3 is 4.74 Å². The summed E-state index contributed by atoms with van der Waals surface area (Å²) in [7, 11) is 0. The average Bonchev–Trinajstić information content (AvgIpc) is 1.70. The van der Waals surface area contributed by atoms with E-state index in [2.05, 4.69) is 70.6 Å². The Kier molecular flexibility index (Phi) is 8.47. The Hall–Kier alpha value is -10.4. The monoisotopic (exact) mass is 1110 g/mol. The fourth-order valence-electron chi connectivity index (χ4n) is 11.8. The largest absolute Gasteiger partial charge is 0.458 e. The standard InChI is InChI=1S/C80H62N4O/c1-79(2,3)59-41-42-81-75(48-59)84-72-38-19-18-33-66(72)67-40-39-62(50-73(67)84)85-61-30-20-29-60(49-61)82-51-83-77-69(36-22-37-71(77)80(4,5)6)76-63(54-27-14-9-15-28-54)34-21-35-68(76)64-31-16-17-32-65(64)70-46-58(47-74(82)78(70)83)57-44-55(52-23-10-7-11-24-52)43-56(45-57)53-25-12-8-13-26-53/h7-50H,1-6H3/i7D,8D,9D,10D,11D,12D,13D,14D,15D,23D,24D,25D,26D,27D,28D,43D,44D,45D. The first-order chi connectivity index (χ1) is 48.9. The van der Waals surface area contributed by atoms with Crippen molar-refractivity contribution in [2.45, 2.75) is 52.4 Å². The molecule has 5 nitrogen and oxygen atoms in total. The average molecular weight is 1110 g/mol. The van der Waals surface area contributed by atoms with Crippen LogP contribution in [0.25, 0.3) is 128 Å². The molecule has 1 aliphatic heterocycles. The van der Waals surface area contributed by atoms with Gasteiger partial charge in [-0.1, -0.05) is 223 Å². The van der Waals surface area contributed by atoms with Crippen LogP contribution in [0, 0.1) is 6.33 Å². The first kappa shape index (κ1) is 35.6. The van der Waals surface area contributed by atoms with E-state index in [4.69, 9.17) is 22.1 Å². The number of benzene rings is 11. The second-order valence-electron chi connectivity index (χ2n) is 23.2. The molecule has 85 heavy (non-hydrogen) atoms. The van der Waals surface area contributed by atoms with Crippen molar-refractivity contribution in [3.05, 3.63) is 284 Å². The van der Waals surface area contributed by atoms with Gasteiger partial charge >= 0.3 is 0 Å². The fourth-order valence-corrected chi connectivity index (χ4v) is 11.8. The summed E-state index contributed by atoms with van der Waals surface area (Å²) in [6.07, 6.45) is 5.60. The molecule has 0 radical (unpaired) electrons. The minimum absolute atomic E-state index is 0.0411. The summed E-state index contributed by atoms with van der Waals surface area (Å²) >= 11 is 0. The van der Waals surface area contributed by atoms with Gasteiger partial charge in [0.1, 0.15) is 17.3 Å². The number of pyridine rings is 1. The molecule has 0 fully saturated rings. The molecule has 0 aliphatic carbocycles. The maximum atomic E-state index is 10.4. The zero-order chi connectivity index (χ0) is 73.2. The highest BCUT2D eigenvalue weighted by atomic mass is 16.5. The van der Waals surface area contributed by atoms with Crippen LogP contribution in [-0.2, 0) is 10.8 Å². The molecule has 15 rings (SSSR count). The second kappa shape index (κ2) is 20.2. The van der Waals surface area contributed by atoms with E-state index in [0.29, 0.717) is 72.9 Å². The molecule has 14 aromatic rings. The van der Waals surface area contributed by atoms with E-state index >= 15 is 0 Å². The Morgan fingerprint density at radius 2 is 1.04 bits per heavy atom. The Balaban J connectivity index is 1.07. The molecular weight excluding hydrogens is 1030 g/mol. The Labute approximate surface area is 522 Å². The quantitative estimate of drug-likeness (QED) is 0.112. The Morgan fingerprint density at radius 1 is 0.447 bits per heavy atom. The van der Waals surface area contributed by atoms with Gasteiger partial charge in [-0.3, -0.25) is 13.7 Å². The predicted octanol–water partition coefficient (Wildman–Crippen LogP) is 20.6. The lowest BCUT2D eigenvalue weighted by atomic mass is 9.80. The molecule has 1 aliphatic rings. The number of rotatable bonds is 8. The molecule has 0 unspecified atom stereocenters. The molecule has 3 aromatic heterocycles. The van der Waals surface area contributed by atoms with Crippen LogP contribution in [0.3, 0.4) is 0 Å². The number of hydrogen-bond acceptors (Lipinski definition) is 2. The molecule has 0 bridgehead atoms. The van der Waals surface area contributed by atoms with Crippen LogP contribution in [0.4, 0.5) is 0 Å². The van der Waals surface area contributed by atoms with Crippen LogP contribution in [0.15, 0.2) is 267 Å². The van der Waals surface area contributed by atoms with E-state index in [9.17, 15) is 12.3 Å². The summed E-state index contributed by atoms with van der Waals surface area (Å²) in [6, 6.07) is 35.2. The maximum absolute atomic E-state index is 10.4. The van der Waals surface area contributed by atoms with Crippen LogP contribution in [0.2, 0.25) is 0 Å². The van der Waals surface area contributed by atoms with Crippen molar-refractivity contribution in [2.75, 3.05) is 0 Å². The van der Waals surface area contributed by atoms with Crippen LogP contribution in [0.1, 0.15) is 77.3 Å². The van der Waals surface area contributed by atoms with Gasteiger partial charge in [-0.05, 0) is 173 Å². The van der Waals surface area contributed by atoms with Crippen LogP contribution in [-0.4, -0.2) is 14.1 Å². The first-order valence-electron chi connectivity index (χ1n) is 37.0. The van der Waals surface area contributed by atoms with E-state index in [1.54, 1.807) is 28.8 Å². The summed E-state index contributed by atoms with van der Waals surface area (Å²) in [4.78, 5) is 4.89. The van der Waals surface area contributed by atoms with E-state index < -0.39 is 136 Å². The second-order valence-corrected chi connectivity index (χ2v) is 23.2. The Morgan fingerprint density at radius 3 is 1.74 bits per heavy atom. The summed E-state index contributed by atoms with van der Waals surface area (Å²) in [6.45, 7) is 12.6. The molecule has 5 heteroatoms. The number of para-hydroxylation sites is 2. The van der Waals surface area contributed by atoms with Gasteiger partial charge in [0.25, 0.3) is 6.33 Å². The minimum atomic E-state index is -0.801. The zero-order valence-corrected chi connectivity index (χ0v) is 47.2. The molecular formula is C80H62N4O.